The number of aromatic nitrogens is 2. The summed E-state index contributed by atoms with van der Waals surface area (Å²) in [6, 6.07) is 0. The molecule has 1 rings (SSSR count). The molecule has 1 N–H and O–H groups in total. The van der Waals surface area contributed by atoms with E-state index in [-0.39, 0.29) is 0 Å². The van der Waals surface area contributed by atoms with E-state index >= 15 is 0 Å². The van der Waals surface area contributed by atoms with Crippen LogP contribution in [0.4, 0.5) is 5.95 Å². The van der Waals surface area contributed by atoms with Gasteiger partial charge in [-0.3, -0.25) is 0 Å². The van der Waals surface area contributed by atoms with Crippen molar-refractivity contribution in [2.24, 2.45) is 0 Å². The fraction of sp³-hybridized carbons (Fsp3) is 0.615. The van der Waals surface area contributed by atoms with E-state index < -0.39 is 0 Å². The molecule has 0 amide bonds. The molecule has 5 heteroatoms. The molecule has 5 nitrogen and oxygen atoms in total. The van der Waals surface area contributed by atoms with Crippen molar-refractivity contribution in [2.75, 3.05) is 45.7 Å². The molecule has 18 heavy (non-hydrogen) atoms. The van der Waals surface area contributed by atoms with Crippen LogP contribution in [0, 0.1) is 6.92 Å². The molecular weight excluding hydrogens is 228 g/mol. The Bertz CT molecular complexity index is 362. The highest BCUT2D eigenvalue weighted by molar-refractivity contribution is 5.29. The molecule has 0 atom stereocenters. The minimum Gasteiger partial charge on any atom is -0.383 e. The lowest BCUT2D eigenvalue weighted by Crippen LogP contribution is -2.27. The second kappa shape index (κ2) is 7.89. The van der Waals surface area contributed by atoms with Crippen molar-refractivity contribution in [3.8, 4) is 0 Å². The summed E-state index contributed by atoms with van der Waals surface area (Å²) in [4.78, 5) is 6.70. The number of aryl methyl sites for hydroxylation is 1. The summed E-state index contributed by atoms with van der Waals surface area (Å²) >= 11 is 0. The molecule has 0 fully saturated rings. The zero-order chi connectivity index (χ0) is 13.4. The van der Waals surface area contributed by atoms with Crippen molar-refractivity contribution < 1.29 is 4.74 Å². The van der Waals surface area contributed by atoms with E-state index in [4.69, 9.17) is 4.74 Å². The maximum atomic E-state index is 5.06. The lowest BCUT2D eigenvalue weighted by molar-refractivity contribution is 0.159. The summed E-state index contributed by atoms with van der Waals surface area (Å²) in [5.74, 6) is 0.910. The molecular formula is C13H24N4O. The lowest BCUT2D eigenvalue weighted by atomic mass is 10.5. The second-order valence-corrected chi connectivity index (χ2v) is 4.36. The first-order chi connectivity index (χ1) is 8.67. The Balaban J connectivity index is 2.47. The molecule has 0 aliphatic carbocycles. The summed E-state index contributed by atoms with van der Waals surface area (Å²) in [6.07, 6.45) is 3.90. The van der Waals surface area contributed by atoms with E-state index in [0.29, 0.717) is 0 Å². The Kier molecular flexibility index (Phi) is 6.46. The van der Waals surface area contributed by atoms with Gasteiger partial charge in [-0.2, -0.15) is 0 Å². The van der Waals surface area contributed by atoms with E-state index in [0.717, 1.165) is 44.4 Å². The van der Waals surface area contributed by atoms with Gasteiger partial charge in [0.2, 0.25) is 5.95 Å². The van der Waals surface area contributed by atoms with Crippen LogP contribution in [-0.4, -0.2) is 54.8 Å². The zero-order valence-electron chi connectivity index (χ0n) is 11.6. The van der Waals surface area contributed by atoms with E-state index in [1.165, 1.54) is 0 Å². The molecule has 0 aliphatic rings. The van der Waals surface area contributed by atoms with Crippen molar-refractivity contribution in [3.63, 3.8) is 0 Å². The van der Waals surface area contributed by atoms with Crippen molar-refractivity contribution in [1.82, 2.24) is 14.5 Å². The van der Waals surface area contributed by atoms with E-state index in [2.05, 4.69) is 39.6 Å². The zero-order valence-corrected chi connectivity index (χ0v) is 11.6. The van der Waals surface area contributed by atoms with Crippen molar-refractivity contribution >= 4 is 5.95 Å². The number of hydrogen-bond acceptors (Lipinski definition) is 4. The van der Waals surface area contributed by atoms with Gasteiger partial charge in [-0.05, 0) is 14.0 Å². The smallest absolute Gasteiger partial charge is 0.203 e. The first-order valence-corrected chi connectivity index (χ1v) is 6.23. The molecule has 0 aliphatic heterocycles. The minimum atomic E-state index is 0.732. The van der Waals surface area contributed by atoms with Crippen LogP contribution < -0.4 is 5.32 Å². The van der Waals surface area contributed by atoms with Crippen molar-refractivity contribution in [1.29, 1.82) is 0 Å². The lowest BCUT2D eigenvalue weighted by Gasteiger charge is -2.17. The molecule has 0 saturated heterocycles. The number of ether oxygens (including phenoxy) is 1. The Morgan fingerprint density at radius 3 is 3.00 bits per heavy atom. The van der Waals surface area contributed by atoms with Gasteiger partial charge in [0.1, 0.15) is 0 Å². The monoisotopic (exact) mass is 252 g/mol. The molecule has 1 heterocycles. The summed E-state index contributed by atoms with van der Waals surface area (Å²) < 4.78 is 7.20. The third kappa shape index (κ3) is 4.89. The quantitative estimate of drug-likeness (QED) is 0.674. The highest BCUT2D eigenvalue weighted by Crippen LogP contribution is 2.08. The molecule has 0 bridgehead atoms. The standard InChI is InChI=1S/C13H24N4O/c1-5-6-14-13-15-12(2)11-17(13)8-7-16(3)9-10-18-4/h5,11H,1,6-10H2,2-4H3,(H,14,15). The first-order valence-electron chi connectivity index (χ1n) is 6.23. The van der Waals surface area contributed by atoms with E-state index in [9.17, 15) is 0 Å². The van der Waals surface area contributed by atoms with Crippen LogP contribution in [0.25, 0.3) is 0 Å². The van der Waals surface area contributed by atoms with Crippen LogP contribution in [0.5, 0.6) is 0 Å². The molecule has 1 aromatic rings. The van der Waals surface area contributed by atoms with Crippen LogP contribution in [0.2, 0.25) is 0 Å². The van der Waals surface area contributed by atoms with E-state index in [1.54, 1.807) is 7.11 Å². The van der Waals surface area contributed by atoms with Crippen LogP contribution in [-0.2, 0) is 11.3 Å². The minimum absolute atomic E-state index is 0.732. The van der Waals surface area contributed by atoms with Gasteiger partial charge in [-0.15, -0.1) is 6.58 Å². The Morgan fingerprint density at radius 1 is 1.56 bits per heavy atom. The number of nitrogens with one attached hydrogen (secondary N) is 1. The Morgan fingerprint density at radius 2 is 2.33 bits per heavy atom. The third-order valence-corrected chi connectivity index (χ3v) is 2.70. The number of methoxy groups -OCH3 is 1. The number of hydrogen-bond donors (Lipinski definition) is 1. The van der Waals surface area contributed by atoms with Gasteiger partial charge in [-0.1, -0.05) is 6.08 Å². The van der Waals surface area contributed by atoms with Crippen molar-refractivity contribution in [3.05, 3.63) is 24.5 Å². The van der Waals surface area contributed by atoms with Crippen molar-refractivity contribution in [2.45, 2.75) is 13.5 Å². The number of rotatable bonds is 9. The maximum absolute atomic E-state index is 5.06. The predicted molar refractivity (Wildman–Crippen MR) is 75.0 cm³/mol. The van der Waals surface area contributed by atoms with Gasteiger partial charge in [0, 0.05) is 39.5 Å². The molecule has 0 aromatic carbocycles. The predicted octanol–water partition coefficient (Wildman–Crippen LogP) is 1.37. The number of anilines is 1. The van der Waals surface area contributed by atoms with Gasteiger partial charge in [-0.25, -0.2) is 4.98 Å². The summed E-state index contributed by atoms with van der Waals surface area (Å²) in [5, 5.41) is 3.24. The Hall–Kier alpha value is -1.33. The van der Waals surface area contributed by atoms with Crippen LogP contribution in [0.1, 0.15) is 5.69 Å². The highest BCUT2D eigenvalue weighted by Gasteiger charge is 2.05. The molecule has 0 spiro atoms. The summed E-state index contributed by atoms with van der Waals surface area (Å²) in [5.41, 5.74) is 1.03. The second-order valence-electron chi connectivity index (χ2n) is 4.36. The van der Waals surface area contributed by atoms with Gasteiger partial charge in [0.05, 0.1) is 12.3 Å². The Labute approximate surface area is 109 Å². The number of likely N-dealkylation sites (N-methyl/N-ethyl adjacent to an activating group) is 1. The third-order valence-electron chi connectivity index (χ3n) is 2.70. The van der Waals surface area contributed by atoms with Gasteiger partial charge < -0.3 is 19.5 Å². The molecule has 0 unspecified atom stereocenters. The topological polar surface area (TPSA) is 42.3 Å². The van der Waals surface area contributed by atoms with Crippen LogP contribution >= 0.6 is 0 Å². The number of nitrogens with zero attached hydrogens (tertiary/aromatic N) is 3. The summed E-state index contributed by atoms with van der Waals surface area (Å²) in [6.45, 7) is 10.0. The average Bonchev–Trinajstić information content (AvgIpc) is 2.71. The molecule has 0 saturated carbocycles. The van der Waals surface area contributed by atoms with Gasteiger partial charge >= 0.3 is 0 Å². The largest absolute Gasteiger partial charge is 0.383 e. The first kappa shape index (κ1) is 14.7. The fourth-order valence-electron chi connectivity index (χ4n) is 1.66. The van der Waals surface area contributed by atoms with Crippen LogP contribution in [0.15, 0.2) is 18.9 Å². The van der Waals surface area contributed by atoms with Gasteiger partial charge in [0.15, 0.2) is 0 Å². The number of imidazole rings is 1. The normalized spacial score (nSPS) is 10.9. The molecule has 0 radical (unpaired) electrons. The van der Waals surface area contributed by atoms with E-state index in [1.807, 2.05) is 13.0 Å². The fourth-order valence-corrected chi connectivity index (χ4v) is 1.66. The summed E-state index contributed by atoms with van der Waals surface area (Å²) in [7, 11) is 3.82. The maximum Gasteiger partial charge on any atom is 0.203 e. The SMILES string of the molecule is C=CCNc1nc(C)cn1CCN(C)CCOC. The van der Waals surface area contributed by atoms with Crippen LogP contribution in [0.3, 0.4) is 0 Å². The highest BCUT2D eigenvalue weighted by atomic mass is 16.5. The molecule has 102 valence electrons. The molecule has 1 aromatic heterocycles. The average molecular weight is 252 g/mol. The van der Waals surface area contributed by atoms with Gasteiger partial charge in [0.25, 0.3) is 0 Å².